The van der Waals surface area contributed by atoms with Crippen molar-refractivity contribution < 1.29 is 14.7 Å². The Kier molecular flexibility index (Phi) is 4.47. The molecule has 1 amide bonds. The lowest BCUT2D eigenvalue weighted by Gasteiger charge is -2.24. The molecule has 0 atom stereocenters. The summed E-state index contributed by atoms with van der Waals surface area (Å²) in [6.45, 7) is 0. The average Bonchev–Trinajstić information content (AvgIpc) is 2.41. The number of hydrogen-bond acceptors (Lipinski definition) is 4. The second-order valence-corrected chi connectivity index (χ2v) is 5.41. The van der Waals surface area contributed by atoms with Crippen LogP contribution < -0.4 is 5.32 Å². The van der Waals surface area contributed by atoms with Crippen molar-refractivity contribution in [3.05, 3.63) is 17.0 Å². The third kappa shape index (κ3) is 3.73. The molecule has 0 aromatic carbocycles. The molecule has 0 radical (unpaired) electrons. The first-order chi connectivity index (χ1) is 9.06. The lowest BCUT2D eigenvalue weighted by molar-refractivity contribution is -0.143. The van der Waals surface area contributed by atoms with Crippen LogP contribution in [-0.2, 0) is 9.59 Å². The molecular formula is C12H14BrN3O3. The zero-order chi connectivity index (χ0) is 13.8. The first-order valence-electron chi connectivity index (χ1n) is 6.07. The van der Waals surface area contributed by atoms with E-state index in [1.165, 1.54) is 12.4 Å². The quantitative estimate of drug-likeness (QED) is 0.886. The number of aliphatic carboxylic acids is 1. The molecule has 0 spiro atoms. The zero-order valence-electron chi connectivity index (χ0n) is 10.2. The number of aromatic nitrogens is 2. The maximum atomic E-state index is 12.0. The standard InChI is InChI=1S/C12H14BrN3O3/c13-9-5-15-10(6-14-9)16-11(17)7-1-3-8(4-2-7)12(18)19/h5-8H,1-4H2,(H,18,19)(H,15,16,17). The van der Waals surface area contributed by atoms with E-state index in [4.69, 9.17) is 5.11 Å². The maximum Gasteiger partial charge on any atom is 0.306 e. The highest BCUT2D eigenvalue weighted by Gasteiger charge is 2.29. The average molecular weight is 328 g/mol. The van der Waals surface area contributed by atoms with Crippen LogP contribution in [0.1, 0.15) is 25.7 Å². The predicted octanol–water partition coefficient (Wildman–Crippen LogP) is 2.07. The molecule has 0 saturated heterocycles. The summed E-state index contributed by atoms with van der Waals surface area (Å²) in [5.41, 5.74) is 0. The van der Waals surface area contributed by atoms with Gasteiger partial charge >= 0.3 is 5.97 Å². The fraction of sp³-hybridized carbons (Fsp3) is 0.500. The summed E-state index contributed by atoms with van der Waals surface area (Å²) in [5.74, 6) is -0.913. The number of amides is 1. The highest BCUT2D eigenvalue weighted by Crippen LogP contribution is 2.29. The van der Waals surface area contributed by atoms with Gasteiger partial charge in [0.2, 0.25) is 5.91 Å². The van der Waals surface area contributed by atoms with E-state index in [1.807, 2.05) is 0 Å². The molecule has 2 rings (SSSR count). The van der Waals surface area contributed by atoms with Gasteiger partial charge in [-0.15, -0.1) is 0 Å². The van der Waals surface area contributed by atoms with Crippen LogP contribution in [-0.4, -0.2) is 27.0 Å². The van der Waals surface area contributed by atoms with Gasteiger partial charge in [0.05, 0.1) is 18.3 Å². The number of nitrogens with one attached hydrogen (secondary N) is 1. The molecule has 1 aliphatic rings. The van der Waals surface area contributed by atoms with Crippen molar-refractivity contribution >= 4 is 33.6 Å². The van der Waals surface area contributed by atoms with Crippen LogP contribution in [0.3, 0.4) is 0 Å². The number of carboxylic acids is 1. The van der Waals surface area contributed by atoms with Gasteiger partial charge in [0.1, 0.15) is 4.60 Å². The predicted molar refractivity (Wildman–Crippen MR) is 71.4 cm³/mol. The Balaban J connectivity index is 1.88. The highest BCUT2D eigenvalue weighted by molar-refractivity contribution is 9.10. The van der Waals surface area contributed by atoms with Crippen LogP contribution in [0.5, 0.6) is 0 Å². The molecule has 1 heterocycles. The van der Waals surface area contributed by atoms with Gasteiger partial charge in [-0.2, -0.15) is 0 Å². The molecular weight excluding hydrogens is 314 g/mol. The van der Waals surface area contributed by atoms with E-state index in [0.29, 0.717) is 36.1 Å². The van der Waals surface area contributed by atoms with Gasteiger partial charge in [-0.1, -0.05) is 0 Å². The Morgan fingerprint density at radius 2 is 1.79 bits per heavy atom. The molecule has 102 valence electrons. The Morgan fingerprint density at radius 1 is 1.16 bits per heavy atom. The summed E-state index contributed by atoms with van der Waals surface area (Å²) >= 11 is 3.17. The second kappa shape index (κ2) is 6.10. The summed E-state index contributed by atoms with van der Waals surface area (Å²) in [6.07, 6.45) is 5.31. The number of halogens is 1. The largest absolute Gasteiger partial charge is 0.481 e. The zero-order valence-corrected chi connectivity index (χ0v) is 11.8. The number of rotatable bonds is 3. The summed E-state index contributed by atoms with van der Waals surface area (Å²) in [4.78, 5) is 30.8. The van der Waals surface area contributed by atoms with Crippen LogP contribution in [0.15, 0.2) is 17.0 Å². The van der Waals surface area contributed by atoms with E-state index in [-0.39, 0.29) is 17.7 Å². The number of carbonyl (C=O) groups excluding carboxylic acids is 1. The molecule has 1 aromatic heterocycles. The van der Waals surface area contributed by atoms with Crippen molar-refractivity contribution in [3.8, 4) is 0 Å². The number of anilines is 1. The molecule has 0 unspecified atom stereocenters. The minimum atomic E-state index is -0.766. The fourth-order valence-corrected chi connectivity index (χ4v) is 2.41. The van der Waals surface area contributed by atoms with Crippen LogP contribution in [0.25, 0.3) is 0 Å². The Bertz CT molecular complexity index is 470. The van der Waals surface area contributed by atoms with E-state index in [2.05, 4.69) is 31.2 Å². The van der Waals surface area contributed by atoms with Gasteiger partial charge in [0.25, 0.3) is 0 Å². The minimum Gasteiger partial charge on any atom is -0.481 e. The summed E-state index contributed by atoms with van der Waals surface area (Å²) in [5, 5.41) is 11.6. The van der Waals surface area contributed by atoms with E-state index in [1.54, 1.807) is 0 Å². The molecule has 1 aromatic rings. The first-order valence-corrected chi connectivity index (χ1v) is 6.87. The number of carbonyl (C=O) groups is 2. The van der Waals surface area contributed by atoms with Gasteiger partial charge in [-0.25, -0.2) is 9.97 Å². The smallest absolute Gasteiger partial charge is 0.306 e. The molecule has 0 bridgehead atoms. The van der Waals surface area contributed by atoms with Crippen molar-refractivity contribution in [1.82, 2.24) is 9.97 Å². The molecule has 2 N–H and O–H groups in total. The first kappa shape index (κ1) is 13.9. The molecule has 6 nitrogen and oxygen atoms in total. The Morgan fingerprint density at radius 3 is 2.32 bits per heavy atom. The normalized spacial score (nSPS) is 22.8. The fourth-order valence-electron chi connectivity index (χ4n) is 2.21. The SMILES string of the molecule is O=C(O)C1CCC(C(=O)Nc2cnc(Br)cn2)CC1. The van der Waals surface area contributed by atoms with Gasteiger partial charge < -0.3 is 10.4 Å². The van der Waals surface area contributed by atoms with Crippen LogP contribution >= 0.6 is 15.9 Å². The van der Waals surface area contributed by atoms with Crippen LogP contribution in [0.2, 0.25) is 0 Å². The van der Waals surface area contributed by atoms with Crippen molar-refractivity contribution in [3.63, 3.8) is 0 Å². The second-order valence-electron chi connectivity index (χ2n) is 4.60. The van der Waals surface area contributed by atoms with E-state index < -0.39 is 5.97 Å². The number of carboxylic acid groups (broad SMARTS) is 1. The van der Waals surface area contributed by atoms with E-state index in [0.717, 1.165) is 0 Å². The van der Waals surface area contributed by atoms with Gasteiger partial charge in [0.15, 0.2) is 5.82 Å². The monoisotopic (exact) mass is 327 g/mol. The molecule has 0 aliphatic heterocycles. The summed E-state index contributed by atoms with van der Waals surface area (Å²) in [7, 11) is 0. The number of nitrogens with zero attached hydrogens (tertiary/aromatic N) is 2. The minimum absolute atomic E-state index is 0.111. The molecule has 1 fully saturated rings. The lowest BCUT2D eigenvalue weighted by Crippen LogP contribution is -2.29. The maximum absolute atomic E-state index is 12.0. The lowest BCUT2D eigenvalue weighted by atomic mass is 9.81. The van der Waals surface area contributed by atoms with Gasteiger partial charge in [0, 0.05) is 5.92 Å². The van der Waals surface area contributed by atoms with E-state index >= 15 is 0 Å². The van der Waals surface area contributed by atoms with Gasteiger partial charge in [-0.05, 0) is 41.6 Å². The molecule has 19 heavy (non-hydrogen) atoms. The molecule has 1 saturated carbocycles. The van der Waals surface area contributed by atoms with Crippen molar-refractivity contribution in [2.24, 2.45) is 11.8 Å². The molecule has 7 heteroatoms. The Labute approximate surface area is 118 Å². The van der Waals surface area contributed by atoms with Crippen molar-refractivity contribution in [2.75, 3.05) is 5.32 Å². The molecule has 1 aliphatic carbocycles. The van der Waals surface area contributed by atoms with Crippen molar-refractivity contribution in [1.29, 1.82) is 0 Å². The summed E-state index contributed by atoms with van der Waals surface area (Å²) in [6, 6.07) is 0. The highest BCUT2D eigenvalue weighted by atomic mass is 79.9. The van der Waals surface area contributed by atoms with Gasteiger partial charge in [-0.3, -0.25) is 9.59 Å². The van der Waals surface area contributed by atoms with Crippen LogP contribution in [0.4, 0.5) is 5.82 Å². The van der Waals surface area contributed by atoms with Crippen molar-refractivity contribution in [2.45, 2.75) is 25.7 Å². The number of hydrogen-bond donors (Lipinski definition) is 2. The Hall–Kier alpha value is -1.50. The third-order valence-corrected chi connectivity index (χ3v) is 3.73. The van der Waals surface area contributed by atoms with E-state index in [9.17, 15) is 9.59 Å². The third-order valence-electron chi connectivity index (χ3n) is 3.32. The summed E-state index contributed by atoms with van der Waals surface area (Å²) < 4.78 is 0.604. The topological polar surface area (TPSA) is 92.2 Å². The van der Waals surface area contributed by atoms with Crippen LogP contribution in [0, 0.1) is 11.8 Å².